The van der Waals surface area contributed by atoms with Crippen molar-refractivity contribution in [3.05, 3.63) is 6.20 Å². The molecule has 8 heteroatoms. The van der Waals surface area contributed by atoms with Crippen LogP contribution in [0.3, 0.4) is 0 Å². The molecule has 0 aromatic carbocycles. The minimum Gasteiger partial charge on any atom is -0.381 e. The lowest BCUT2D eigenvalue weighted by Crippen LogP contribution is -2.43. The molecule has 0 amide bonds. The van der Waals surface area contributed by atoms with Crippen LogP contribution in [0, 0.1) is 5.41 Å². The molecule has 0 saturated carbocycles. The van der Waals surface area contributed by atoms with Crippen LogP contribution in [-0.4, -0.2) is 49.8 Å². The smallest absolute Gasteiger partial charge is 0.245 e. The van der Waals surface area contributed by atoms with E-state index >= 15 is 0 Å². The van der Waals surface area contributed by atoms with E-state index in [1.165, 1.54) is 10.9 Å². The third-order valence-electron chi connectivity index (χ3n) is 4.25. The number of aromatic nitrogens is 2. The fourth-order valence-corrected chi connectivity index (χ4v) is 3.74. The monoisotopic (exact) mass is 315 g/mol. The Morgan fingerprint density at radius 3 is 2.57 bits per heavy atom. The lowest BCUT2D eigenvalue weighted by Gasteiger charge is -2.37. The number of likely N-dealkylation sites (tertiary alicyclic amines) is 1. The van der Waals surface area contributed by atoms with Crippen molar-refractivity contribution in [3.63, 3.8) is 0 Å². The van der Waals surface area contributed by atoms with Crippen molar-refractivity contribution < 1.29 is 8.42 Å². The van der Waals surface area contributed by atoms with Gasteiger partial charge >= 0.3 is 0 Å². The first-order valence-electron chi connectivity index (χ1n) is 7.27. The van der Waals surface area contributed by atoms with Crippen LogP contribution in [0.1, 0.15) is 26.7 Å². The number of nitrogens with one attached hydrogen (secondary N) is 1. The Balaban J connectivity index is 2.06. The Kier molecular flexibility index (Phi) is 4.60. The van der Waals surface area contributed by atoms with E-state index in [0.717, 1.165) is 25.9 Å². The number of anilines is 1. The highest BCUT2D eigenvalue weighted by atomic mass is 32.2. The summed E-state index contributed by atoms with van der Waals surface area (Å²) in [5.41, 5.74) is 5.70. The number of aryl methyl sites for hydroxylation is 1. The van der Waals surface area contributed by atoms with Crippen LogP contribution < -0.4 is 10.5 Å². The molecule has 1 saturated heterocycles. The van der Waals surface area contributed by atoms with Gasteiger partial charge in [0.1, 0.15) is 4.90 Å². The molecule has 3 N–H and O–H groups in total. The number of nitrogen functional groups attached to an aromatic ring is 1. The average molecular weight is 315 g/mol. The first-order valence-corrected chi connectivity index (χ1v) is 8.75. The van der Waals surface area contributed by atoms with Gasteiger partial charge < -0.3 is 10.6 Å². The zero-order valence-electron chi connectivity index (χ0n) is 13.0. The van der Waals surface area contributed by atoms with Gasteiger partial charge in [0.2, 0.25) is 10.0 Å². The van der Waals surface area contributed by atoms with E-state index in [9.17, 15) is 8.42 Å². The van der Waals surface area contributed by atoms with Gasteiger partial charge in [0, 0.05) is 19.3 Å². The minimum atomic E-state index is -3.60. The van der Waals surface area contributed by atoms with Crippen molar-refractivity contribution in [2.24, 2.45) is 5.41 Å². The Morgan fingerprint density at radius 1 is 1.43 bits per heavy atom. The number of nitrogens with zero attached hydrogens (tertiary/aromatic N) is 3. The molecule has 2 heterocycles. The minimum absolute atomic E-state index is 0.00487. The standard InChI is InChI=1S/C13H25N5O2S/c1-4-18-9-11(12(14)16-18)21(19,20)15-10-13(2)5-7-17(3)8-6-13/h9,15H,4-8,10H2,1-3H3,(H2,14,16). The summed E-state index contributed by atoms with van der Waals surface area (Å²) < 4.78 is 29.0. The van der Waals surface area contributed by atoms with Crippen LogP contribution in [-0.2, 0) is 16.6 Å². The molecule has 21 heavy (non-hydrogen) atoms. The molecule has 2 rings (SSSR count). The second-order valence-corrected chi connectivity index (χ2v) is 7.91. The van der Waals surface area contributed by atoms with Crippen molar-refractivity contribution >= 4 is 15.8 Å². The molecule has 0 bridgehead atoms. The Bertz CT molecular complexity index is 588. The summed E-state index contributed by atoms with van der Waals surface area (Å²) in [5.74, 6) is 0.0536. The van der Waals surface area contributed by atoms with E-state index in [2.05, 4.69) is 28.7 Å². The van der Waals surface area contributed by atoms with E-state index in [1.807, 2.05) is 6.92 Å². The predicted octanol–water partition coefficient (Wildman–Crippen LogP) is 0.495. The molecule has 1 aliphatic heterocycles. The molecule has 1 aromatic heterocycles. The molecule has 0 spiro atoms. The summed E-state index contributed by atoms with van der Waals surface area (Å²) in [7, 11) is -1.52. The van der Waals surface area contributed by atoms with Crippen LogP contribution in [0.15, 0.2) is 11.1 Å². The van der Waals surface area contributed by atoms with E-state index in [4.69, 9.17) is 5.73 Å². The van der Waals surface area contributed by atoms with Crippen molar-refractivity contribution in [1.82, 2.24) is 19.4 Å². The molecule has 0 aliphatic carbocycles. The Labute approximate surface area is 126 Å². The number of sulfonamides is 1. The summed E-state index contributed by atoms with van der Waals surface area (Å²) in [5, 5.41) is 3.99. The van der Waals surface area contributed by atoms with Crippen LogP contribution in [0.5, 0.6) is 0 Å². The van der Waals surface area contributed by atoms with Crippen molar-refractivity contribution in [3.8, 4) is 0 Å². The van der Waals surface area contributed by atoms with Gasteiger partial charge in [-0.1, -0.05) is 6.92 Å². The van der Waals surface area contributed by atoms with E-state index in [0.29, 0.717) is 13.1 Å². The summed E-state index contributed by atoms with van der Waals surface area (Å²) >= 11 is 0. The van der Waals surface area contributed by atoms with E-state index in [1.54, 1.807) is 0 Å². The van der Waals surface area contributed by atoms with E-state index in [-0.39, 0.29) is 16.1 Å². The Morgan fingerprint density at radius 2 is 2.05 bits per heavy atom. The highest BCUT2D eigenvalue weighted by Crippen LogP contribution is 2.30. The van der Waals surface area contributed by atoms with E-state index < -0.39 is 10.0 Å². The quantitative estimate of drug-likeness (QED) is 0.825. The van der Waals surface area contributed by atoms with Gasteiger partial charge in [-0.2, -0.15) is 5.10 Å². The first-order chi connectivity index (χ1) is 9.76. The van der Waals surface area contributed by atoms with Crippen LogP contribution >= 0.6 is 0 Å². The first kappa shape index (κ1) is 16.3. The predicted molar refractivity (Wildman–Crippen MR) is 82.3 cm³/mol. The molecule has 120 valence electrons. The Hall–Kier alpha value is -1.12. The maximum atomic E-state index is 12.4. The van der Waals surface area contributed by atoms with Crippen LogP contribution in [0.4, 0.5) is 5.82 Å². The van der Waals surface area contributed by atoms with Gasteiger partial charge in [0.25, 0.3) is 0 Å². The summed E-state index contributed by atoms with van der Waals surface area (Å²) in [6, 6.07) is 0. The third kappa shape index (κ3) is 3.75. The van der Waals surface area contributed by atoms with Crippen LogP contribution in [0.25, 0.3) is 0 Å². The zero-order valence-corrected chi connectivity index (χ0v) is 13.8. The van der Waals surface area contributed by atoms with Gasteiger partial charge in [-0.15, -0.1) is 0 Å². The topological polar surface area (TPSA) is 93.2 Å². The lowest BCUT2D eigenvalue weighted by atomic mass is 9.81. The highest BCUT2D eigenvalue weighted by Gasteiger charge is 2.31. The molecule has 0 radical (unpaired) electrons. The van der Waals surface area contributed by atoms with Gasteiger partial charge in [-0.05, 0) is 45.3 Å². The van der Waals surface area contributed by atoms with Crippen LogP contribution in [0.2, 0.25) is 0 Å². The van der Waals surface area contributed by atoms with Gasteiger partial charge in [-0.3, -0.25) is 4.68 Å². The molecule has 7 nitrogen and oxygen atoms in total. The average Bonchev–Trinajstić information content (AvgIpc) is 2.83. The second kappa shape index (κ2) is 5.94. The lowest BCUT2D eigenvalue weighted by molar-refractivity contribution is 0.143. The van der Waals surface area contributed by atoms with Crippen molar-refractivity contribution in [2.45, 2.75) is 38.1 Å². The number of rotatable bonds is 5. The van der Waals surface area contributed by atoms with Crippen molar-refractivity contribution in [1.29, 1.82) is 0 Å². The maximum Gasteiger partial charge on any atom is 0.245 e. The molecule has 1 aromatic rings. The van der Waals surface area contributed by atoms with Gasteiger partial charge in [0.05, 0.1) is 0 Å². The maximum absolute atomic E-state index is 12.4. The molecule has 1 aliphatic rings. The largest absolute Gasteiger partial charge is 0.381 e. The fraction of sp³-hybridized carbons (Fsp3) is 0.769. The molecule has 0 unspecified atom stereocenters. The number of hydrogen-bond acceptors (Lipinski definition) is 5. The number of nitrogens with two attached hydrogens (primary N) is 1. The third-order valence-corrected chi connectivity index (χ3v) is 5.67. The zero-order chi connectivity index (χ0) is 15.7. The molecule has 0 atom stereocenters. The normalized spacial score (nSPS) is 19.8. The summed E-state index contributed by atoms with van der Waals surface area (Å²) in [6.07, 6.45) is 3.44. The number of piperidine rings is 1. The van der Waals surface area contributed by atoms with Gasteiger partial charge in [0.15, 0.2) is 5.82 Å². The molecule has 1 fully saturated rings. The SMILES string of the molecule is CCn1cc(S(=O)(=O)NCC2(C)CCN(C)CC2)c(N)n1. The second-order valence-electron chi connectivity index (χ2n) is 6.17. The van der Waals surface area contributed by atoms with Crippen molar-refractivity contribution in [2.75, 3.05) is 32.4 Å². The fourth-order valence-electron chi connectivity index (χ4n) is 2.47. The van der Waals surface area contributed by atoms with Gasteiger partial charge in [-0.25, -0.2) is 13.1 Å². The number of hydrogen-bond donors (Lipinski definition) is 2. The highest BCUT2D eigenvalue weighted by molar-refractivity contribution is 7.89. The molecular weight excluding hydrogens is 290 g/mol. The molecular formula is C13H25N5O2S. The summed E-state index contributed by atoms with van der Waals surface area (Å²) in [4.78, 5) is 2.33. The summed E-state index contributed by atoms with van der Waals surface area (Å²) in [6.45, 7) is 7.02.